The van der Waals surface area contributed by atoms with Crippen molar-refractivity contribution in [2.24, 2.45) is 0 Å². The molecule has 0 amide bonds. The molecule has 1 heterocycles. The van der Waals surface area contributed by atoms with Gasteiger partial charge in [0.2, 0.25) is 0 Å². The van der Waals surface area contributed by atoms with E-state index in [1.807, 2.05) is 25.4 Å². The molecule has 0 spiro atoms. The first-order valence-corrected chi connectivity index (χ1v) is 4.35. The third-order valence-electron chi connectivity index (χ3n) is 1.75. The summed E-state index contributed by atoms with van der Waals surface area (Å²) in [5.41, 5.74) is 0.148. The fourth-order valence-electron chi connectivity index (χ4n) is 1.05. The highest BCUT2D eigenvalue weighted by molar-refractivity contribution is 5.18. The standard InChI is InChI=1S/C10H17NO/c1-5-12-9-6-7-11(8-9)10(2,3)4/h6-8H,5H2,1-4H3. The molecule has 0 radical (unpaired) electrons. The zero-order valence-electron chi connectivity index (χ0n) is 8.29. The Kier molecular flexibility index (Phi) is 2.46. The van der Waals surface area contributed by atoms with Gasteiger partial charge < -0.3 is 9.30 Å². The van der Waals surface area contributed by atoms with Crippen molar-refractivity contribution in [3.8, 4) is 5.75 Å². The molecule has 1 rings (SSSR count). The minimum Gasteiger partial charge on any atom is -0.492 e. The Labute approximate surface area is 74.2 Å². The lowest BCUT2D eigenvalue weighted by Gasteiger charge is -2.20. The number of hydrogen-bond donors (Lipinski definition) is 0. The fourth-order valence-corrected chi connectivity index (χ4v) is 1.05. The van der Waals surface area contributed by atoms with Gasteiger partial charge >= 0.3 is 0 Å². The summed E-state index contributed by atoms with van der Waals surface area (Å²) in [6, 6.07) is 1.99. The first-order chi connectivity index (χ1) is 5.54. The molecule has 12 heavy (non-hydrogen) atoms. The molecule has 0 aliphatic carbocycles. The van der Waals surface area contributed by atoms with E-state index in [2.05, 4.69) is 25.3 Å². The molecule has 0 bridgehead atoms. The molecule has 0 aliphatic rings. The Morgan fingerprint density at radius 2 is 2.08 bits per heavy atom. The van der Waals surface area contributed by atoms with Crippen LogP contribution in [0.1, 0.15) is 27.7 Å². The van der Waals surface area contributed by atoms with Crippen molar-refractivity contribution in [1.82, 2.24) is 4.57 Å². The van der Waals surface area contributed by atoms with Gasteiger partial charge in [-0.15, -0.1) is 0 Å². The molecular formula is C10H17NO. The van der Waals surface area contributed by atoms with Gasteiger partial charge in [-0.2, -0.15) is 0 Å². The van der Waals surface area contributed by atoms with Gasteiger partial charge in [0.25, 0.3) is 0 Å². The molecule has 0 aliphatic heterocycles. The maximum Gasteiger partial charge on any atom is 0.136 e. The van der Waals surface area contributed by atoms with Crippen LogP contribution in [0.4, 0.5) is 0 Å². The molecule has 2 heteroatoms. The van der Waals surface area contributed by atoms with Gasteiger partial charge in [-0.3, -0.25) is 0 Å². The molecule has 1 aromatic rings. The third-order valence-corrected chi connectivity index (χ3v) is 1.75. The summed E-state index contributed by atoms with van der Waals surface area (Å²) in [7, 11) is 0. The van der Waals surface area contributed by atoms with E-state index in [9.17, 15) is 0 Å². The van der Waals surface area contributed by atoms with Crippen LogP contribution in [0.5, 0.6) is 5.75 Å². The molecule has 0 saturated heterocycles. The van der Waals surface area contributed by atoms with Crippen LogP contribution in [0, 0.1) is 0 Å². The number of hydrogen-bond acceptors (Lipinski definition) is 1. The molecule has 0 aromatic carbocycles. The summed E-state index contributed by atoms with van der Waals surface area (Å²) in [6.45, 7) is 9.23. The van der Waals surface area contributed by atoms with Gasteiger partial charge in [0.05, 0.1) is 6.61 Å². The lowest BCUT2D eigenvalue weighted by molar-refractivity contribution is 0.334. The van der Waals surface area contributed by atoms with Crippen LogP contribution < -0.4 is 4.74 Å². The van der Waals surface area contributed by atoms with E-state index in [-0.39, 0.29) is 5.54 Å². The summed E-state index contributed by atoms with van der Waals surface area (Å²) in [6.07, 6.45) is 4.08. The van der Waals surface area contributed by atoms with E-state index in [1.54, 1.807) is 0 Å². The van der Waals surface area contributed by atoms with Crippen LogP contribution in [0.15, 0.2) is 18.5 Å². The first kappa shape index (κ1) is 9.17. The second-order valence-corrected chi connectivity index (χ2v) is 3.86. The van der Waals surface area contributed by atoms with Gasteiger partial charge in [0.15, 0.2) is 0 Å². The zero-order valence-corrected chi connectivity index (χ0v) is 8.29. The van der Waals surface area contributed by atoms with Crippen molar-refractivity contribution >= 4 is 0 Å². The van der Waals surface area contributed by atoms with Gasteiger partial charge in [0, 0.05) is 17.9 Å². The summed E-state index contributed by atoms with van der Waals surface area (Å²) >= 11 is 0. The van der Waals surface area contributed by atoms with Crippen molar-refractivity contribution in [3.63, 3.8) is 0 Å². The molecule has 2 nitrogen and oxygen atoms in total. The highest BCUT2D eigenvalue weighted by atomic mass is 16.5. The van der Waals surface area contributed by atoms with Crippen LogP contribution in [0.3, 0.4) is 0 Å². The lowest BCUT2D eigenvalue weighted by atomic mass is 10.1. The summed E-state index contributed by atoms with van der Waals surface area (Å²) < 4.78 is 7.51. The summed E-state index contributed by atoms with van der Waals surface area (Å²) in [5, 5.41) is 0. The highest BCUT2D eigenvalue weighted by Gasteiger charge is 2.11. The quantitative estimate of drug-likeness (QED) is 0.660. The number of rotatable bonds is 2. The first-order valence-electron chi connectivity index (χ1n) is 4.35. The SMILES string of the molecule is CCOc1ccn(C(C)(C)C)c1. The van der Waals surface area contributed by atoms with Gasteiger partial charge in [-0.25, -0.2) is 0 Å². The molecule has 1 aromatic heterocycles. The number of ether oxygens (including phenoxy) is 1. The third kappa shape index (κ3) is 2.03. The van der Waals surface area contributed by atoms with Crippen molar-refractivity contribution in [3.05, 3.63) is 18.5 Å². The number of nitrogens with zero attached hydrogens (tertiary/aromatic N) is 1. The monoisotopic (exact) mass is 167 g/mol. The molecule has 0 atom stereocenters. The van der Waals surface area contributed by atoms with E-state index in [0.717, 1.165) is 12.4 Å². The predicted octanol–water partition coefficient (Wildman–Crippen LogP) is 2.64. The Morgan fingerprint density at radius 3 is 2.50 bits per heavy atom. The summed E-state index contributed by atoms with van der Waals surface area (Å²) in [5.74, 6) is 0.951. The van der Waals surface area contributed by atoms with E-state index in [4.69, 9.17) is 4.74 Å². The van der Waals surface area contributed by atoms with Crippen LogP contribution in [-0.4, -0.2) is 11.2 Å². The molecule has 0 unspecified atom stereocenters. The zero-order chi connectivity index (χ0) is 9.19. The predicted molar refractivity (Wildman–Crippen MR) is 50.6 cm³/mol. The second kappa shape index (κ2) is 3.21. The minimum atomic E-state index is 0.148. The fraction of sp³-hybridized carbons (Fsp3) is 0.600. The van der Waals surface area contributed by atoms with Gasteiger partial charge in [-0.1, -0.05) is 0 Å². The van der Waals surface area contributed by atoms with Crippen LogP contribution in [0.25, 0.3) is 0 Å². The van der Waals surface area contributed by atoms with E-state index in [1.165, 1.54) is 0 Å². The van der Waals surface area contributed by atoms with Crippen molar-refractivity contribution in [2.75, 3.05) is 6.61 Å². The van der Waals surface area contributed by atoms with Crippen molar-refractivity contribution in [2.45, 2.75) is 33.2 Å². The van der Waals surface area contributed by atoms with Crippen molar-refractivity contribution in [1.29, 1.82) is 0 Å². The maximum absolute atomic E-state index is 5.36. The normalized spacial score (nSPS) is 11.7. The van der Waals surface area contributed by atoms with Crippen LogP contribution in [0.2, 0.25) is 0 Å². The minimum absolute atomic E-state index is 0.148. The van der Waals surface area contributed by atoms with E-state index < -0.39 is 0 Å². The Morgan fingerprint density at radius 1 is 1.42 bits per heavy atom. The van der Waals surface area contributed by atoms with Crippen LogP contribution in [-0.2, 0) is 5.54 Å². The number of aromatic nitrogens is 1. The molecule has 0 saturated carbocycles. The molecule has 0 fully saturated rings. The second-order valence-electron chi connectivity index (χ2n) is 3.86. The Balaban J connectivity index is 2.77. The molecule has 0 N–H and O–H groups in total. The maximum atomic E-state index is 5.36. The summed E-state index contributed by atoms with van der Waals surface area (Å²) in [4.78, 5) is 0. The largest absolute Gasteiger partial charge is 0.492 e. The van der Waals surface area contributed by atoms with Gasteiger partial charge in [-0.05, 0) is 33.8 Å². The Hall–Kier alpha value is -0.920. The molecular weight excluding hydrogens is 150 g/mol. The van der Waals surface area contributed by atoms with Gasteiger partial charge in [0.1, 0.15) is 5.75 Å². The topological polar surface area (TPSA) is 14.2 Å². The smallest absolute Gasteiger partial charge is 0.136 e. The van der Waals surface area contributed by atoms with Crippen molar-refractivity contribution < 1.29 is 4.74 Å². The Bertz CT molecular complexity index is 245. The lowest BCUT2D eigenvalue weighted by Crippen LogP contribution is -2.19. The van der Waals surface area contributed by atoms with E-state index >= 15 is 0 Å². The van der Waals surface area contributed by atoms with Crippen LogP contribution >= 0.6 is 0 Å². The van der Waals surface area contributed by atoms with E-state index in [0.29, 0.717) is 0 Å². The average Bonchev–Trinajstić information content (AvgIpc) is 2.35. The molecule has 68 valence electrons. The highest BCUT2D eigenvalue weighted by Crippen LogP contribution is 2.19. The average molecular weight is 167 g/mol.